The highest BCUT2D eigenvalue weighted by Gasteiger charge is 2.23. The maximum Gasteiger partial charge on any atom is 0.256 e. The lowest BCUT2D eigenvalue weighted by atomic mass is 9.88. The summed E-state index contributed by atoms with van der Waals surface area (Å²) >= 11 is 1.70. The monoisotopic (exact) mass is 353 g/mol. The Morgan fingerprint density at radius 1 is 1.40 bits per heavy atom. The largest absolute Gasteiger partial charge is 0.321 e. The van der Waals surface area contributed by atoms with Crippen molar-refractivity contribution in [3.63, 3.8) is 0 Å². The summed E-state index contributed by atoms with van der Waals surface area (Å²) in [5, 5.41) is 12.9. The summed E-state index contributed by atoms with van der Waals surface area (Å²) in [6, 6.07) is 1.87. The van der Waals surface area contributed by atoms with Crippen molar-refractivity contribution in [3.05, 3.63) is 46.2 Å². The number of carbonyl (C=O) groups is 1. The summed E-state index contributed by atoms with van der Waals surface area (Å²) in [7, 11) is 1.87. The van der Waals surface area contributed by atoms with E-state index in [2.05, 4.69) is 27.4 Å². The van der Waals surface area contributed by atoms with Gasteiger partial charge in [-0.1, -0.05) is 6.92 Å². The summed E-state index contributed by atoms with van der Waals surface area (Å²) in [5.41, 5.74) is 3.50. The molecule has 6 nitrogen and oxygen atoms in total. The number of nitrogens with zero attached hydrogens (tertiary/aromatic N) is 4. The second kappa shape index (κ2) is 6.40. The number of pyridine rings is 1. The number of carbonyl (C=O) groups excluding carboxylic acids is 1. The van der Waals surface area contributed by atoms with Crippen LogP contribution in [0.5, 0.6) is 0 Å². The number of rotatable bonds is 3. The lowest BCUT2D eigenvalue weighted by Gasteiger charge is -2.18. The molecule has 0 radical (unpaired) electrons. The Morgan fingerprint density at radius 2 is 2.28 bits per heavy atom. The molecule has 1 unspecified atom stereocenters. The summed E-state index contributed by atoms with van der Waals surface area (Å²) in [5.74, 6) is 1.35. The Balaban J connectivity index is 1.57. The minimum atomic E-state index is -0.0658. The molecule has 0 fully saturated rings. The van der Waals surface area contributed by atoms with Crippen molar-refractivity contribution in [1.82, 2.24) is 19.7 Å². The number of anilines is 1. The highest BCUT2D eigenvalue weighted by Crippen LogP contribution is 2.33. The number of aryl methyl sites for hydroxylation is 1. The minimum absolute atomic E-state index is 0.0658. The van der Waals surface area contributed by atoms with E-state index < -0.39 is 0 Å². The van der Waals surface area contributed by atoms with E-state index in [4.69, 9.17) is 0 Å². The molecule has 1 aliphatic rings. The van der Waals surface area contributed by atoms with Crippen molar-refractivity contribution in [1.29, 1.82) is 0 Å². The van der Waals surface area contributed by atoms with E-state index in [0.717, 1.165) is 30.4 Å². The molecule has 128 valence electrons. The highest BCUT2D eigenvalue weighted by atomic mass is 32.1. The molecule has 0 saturated carbocycles. The number of hydrogen-bond donors (Lipinski definition) is 1. The van der Waals surface area contributed by atoms with Gasteiger partial charge in [-0.3, -0.25) is 9.78 Å². The van der Waals surface area contributed by atoms with Crippen LogP contribution in [-0.4, -0.2) is 25.7 Å². The lowest BCUT2D eigenvalue weighted by molar-refractivity contribution is 0.102. The molecule has 1 N–H and O–H groups in total. The average molecular weight is 353 g/mol. The van der Waals surface area contributed by atoms with Gasteiger partial charge in [-0.05, 0) is 36.8 Å². The Labute approximate surface area is 149 Å². The van der Waals surface area contributed by atoms with Gasteiger partial charge < -0.3 is 9.88 Å². The zero-order valence-corrected chi connectivity index (χ0v) is 15.0. The van der Waals surface area contributed by atoms with Crippen LogP contribution in [0.1, 0.15) is 34.1 Å². The Hall–Kier alpha value is -2.54. The fourth-order valence-electron chi connectivity index (χ4n) is 3.24. The van der Waals surface area contributed by atoms with Crippen LogP contribution in [0.15, 0.2) is 30.2 Å². The second-order valence-corrected chi connectivity index (χ2v) is 7.55. The topological polar surface area (TPSA) is 72.7 Å². The summed E-state index contributed by atoms with van der Waals surface area (Å²) in [4.78, 5) is 18.3. The first-order valence-electron chi connectivity index (χ1n) is 8.32. The molecule has 1 aliphatic carbocycles. The average Bonchev–Trinajstić information content (AvgIpc) is 3.20. The van der Waals surface area contributed by atoms with Gasteiger partial charge in [0, 0.05) is 29.1 Å². The van der Waals surface area contributed by atoms with Crippen LogP contribution in [0.4, 0.5) is 5.69 Å². The molecule has 3 aromatic rings. The number of fused-ring (bicyclic) bond motifs is 1. The zero-order valence-electron chi connectivity index (χ0n) is 14.2. The predicted octanol–water partition coefficient (Wildman–Crippen LogP) is 3.32. The van der Waals surface area contributed by atoms with Crippen LogP contribution in [0.2, 0.25) is 0 Å². The fourth-order valence-corrected chi connectivity index (χ4v) is 4.49. The van der Waals surface area contributed by atoms with Gasteiger partial charge in [0.15, 0.2) is 5.82 Å². The molecule has 0 aliphatic heterocycles. The van der Waals surface area contributed by atoms with E-state index >= 15 is 0 Å². The van der Waals surface area contributed by atoms with Gasteiger partial charge in [-0.2, -0.15) is 0 Å². The third-order valence-electron chi connectivity index (χ3n) is 4.61. The smallest absolute Gasteiger partial charge is 0.256 e. The molecule has 1 atom stereocenters. The first kappa shape index (κ1) is 16.0. The quantitative estimate of drug-likeness (QED) is 0.784. The van der Waals surface area contributed by atoms with Crippen LogP contribution in [0.3, 0.4) is 0 Å². The number of amides is 1. The van der Waals surface area contributed by atoms with Crippen LogP contribution >= 0.6 is 11.3 Å². The molecular weight excluding hydrogens is 334 g/mol. The summed E-state index contributed by atoms with van der Waals surface area (Å²) in [6.45, 7) is 2.27. The van der Waals surface area contributed by atoms with E-state index in [1.807, 2.05) is 23.1 Å². The van der Waals surface area contributed by atoms with E-state index in [1.54, 1.807) is 30.1 Å². The van der Waals surface area contributed by atoms with Crippen molar-refractivity contribution < 1.29 is 4.79 Å². The molecule has 0 saturated heterocycles. The van der Waals surface area contributed by atoms with E-state index in [1.165, 1.54) is 10.4 Å². The van der Waals surface area contributed by atoms with Gasteiger partial charge in [0.25, 0.3) is 5.91 Å². The molecule has 0 aromatic carbocycles. The third kappa shape index (κ3) is 3.07. The van der Waals surface area contributed by atoms with Crippen LogP contribution in [0.25, 0.3) is 11.4 Å². The summed E-state index contributed by atoms with van der Waals surface area (Å²) in [6.07, 6.45) is 8.22. The van der Waals surface area contributed by atoms with Crippen molar-refractivity contribution in [2.24, 2.45) is 13.0 Å². The molecule has 3 aromatic heterocycles. The molecular formula is C18H19N5OS. The molecule has 7 heteroatoms. The molecule has 3 heterocycles. The van der Waals surface area contributed by atoms with Crippen molar-refractivity contribution in [2.75, 3.05) is 5.32 Å². The Morgan fingerprint density at radius 3 is 3.08 bits per heavy atom. The van der Waals surface area contributed by atoms with E-state index in [-0.39, 0.29) is 5.91 Å². The number of hydrogen-bond acceptors (Lipinski definition) is 5. The highest BCUT2D eigenvalue weighted by molar-refractivity contribution is 7.10. The normalized spacial score (nSPS) is 16.5. The zero-order chi connectivity index (χ0) is 17.4. The first-order chi connectivity index (χ1) is 12.1. The molecule has 0 bridgehead atoms. The van der Waals surface area contributed by atoms with E-state index in [0.29, 0.717) is 17.4 Å². The van der Waals surface area contributed by atoms with Gasteiger partial charge in [-0.25, -0.2) is 0 Å². The molecule has 4 rings (SSSR count). The second-order valence-electron chi connectivity index (χ2n) is 6.58. The molecule has 25 heavy (non-hydrogen) atoms. The maximum absolute atomic E-state index is 12.7. The number of nitrogens with one attached hydrogen (secondary N) is 1. The van der Waals surface area contributed by atoms with Crippen molar-refractivity contribution >= 4 is 22.9 Å². The van der Waals surface area contributed by atoms with Crippen LogP contribution in [-0.2, 0) is 19.9 Å². The van der Waals surface area contributed by atoms with Crippen LogP contribution in [0, 0.1) is 5.92 Å². The molecule has 0 spiro atoms. The van der Waals surface area contributed by atoms with E-state index in [9.17, 15) is 4.79 Å². The van der Waals surface area contributed by atoms with Gasteiger partial charge >= 0.3 is 0 Å². The third-order valence-corrected chi connectivity index (χ3v) is 5.66. The van der Waals surface area contributed by atoms with Gasteiger partial charge in [0.2, 0.25) is 0 Å². The van der Waals surface area contributed by atoms with Crippen molar-refractivity contribution in [3.8, 4) is 11.4 Å². The maximum atomic E-state index is 12.7. The predicted molar refractivity (Wildman–Crippen MR) is 97.7 cm³/mol. The van der Waals surface area contributed by atoms with Crippen LogP contribution < -0.4 is 5.32 Å². The number of thiophene rings is 1. The Bertz CT molecular complexity index is 929. The van der Waals surface area contributed by atoms with Gasteiger partial charge in [-0.15, -0.1) is 21.5 Å². The van der Waals surface area contributed by atoms with Gasteiger partial charge in [0.05, 0.1) is 17.4 Å². The molecule has 1 amide bonds. The lowest BCUT2D eigenvalue weighted by Crippen LogP contribution is -2.16. The van der Waals surface area contributed by atoms with Gasteiger partial charge in [0.1, 0.15) is 6.33 Å². The number of aromatic nitrogens is 4. The standard InChI is InChI=1S/C18H19N5OS/c1-11-3-4-14-15(9-25-16(14)5-11)18(24)21-13-6-12(7-19-8-13)17-22-20-10-23(17)2/h6-11H,3-5H2,1-2H3,(H,21,24). The van der Waals surface area contributed by atoms with Crippen molar-refractivity contribution in [2.45, 2.75) is 26.2 Å². The Kier molecular flexibility index (Phi) is 4.09. The fraction of sp³-hybridized carbons (Fsp3) is 0.333. The summed E-state index contributed by atoms with van der Waals surface area (Å²) < 4.78 is 1.82. The first-order valence-corrected chi connectivity index (χ1v) is 9.20. The minimum Gasteiger partial charge on any atom is -0.321 e. The SMILES string of the molecule is CC1CCc2c(C(=O)Nc3cncc(-c4nncn4C)c3)csc2C1.